The molecular weight excluding hydrogens is 284 g/mol. The molecule has 23 heavy (non-hydrogen) atoms. The highest BCUT2D eigenvalue weighted by Gasteiger charge is 2.17. The first-order valence-corrected chi connectivity index (χ1v) is 7.62. The molecule has 3 nitrogen and oxygen atoms in total. The van der Waals surface area contributed by atoms with Crippen molar-refractivity contribution in [1.29, 1.82) is 0 Å². The Kier molecular flexibility index (Phi) is 4.02. The molecular formula is C20H20N2O. The summed E-state index contributed by atoms with van der Waals surface area (Å²) in [5.41, 5.74) is 2.71. The van der Waals surface area contributed by atoms with E-state index in [1.54, 1.807) is 4.90 Å². The summed E-state index contributed by atoms with van der Waals surface area (Å²) >= 11 is 0. The molecule has 0 aliphatic rings. The normalized spacial score (nSPS) is 10.6. The summed E-state index contributed by atoms with van der Waals surface area (Å²) in [5, 5.41) is 2.22. The van der Waals surface area contributed by atoms with Crippen molar-refractivity contribution in [3.8, 4) is 0 Å². The van der Waals surface area contributed by atoms with Crippen LogP contribution in [-0.4, -0.2) is 27.1 Å². The fourth-order valence-corrected chi connectivity index (χ4v) is 2.84. The number of hydrogen-bond donors (Lipinski definition) is 0. The minimum atomic E-state index is -0.00772. The van der Waals surface area contributed by atoms with E-state index >= 15 is 0 Å². The third-order valence-corrected chi connectivity index (χ3v) is 4.03. The van der Waals surface area contributed by atoms with Gasteiger partial charge in [-0.1, -0.05) is 42.5 Å². The Bertz CT molecular complexity index is 835. The molecule has 0 unspecified atom stereocenters. The molecule has 1 amide bonds. The maximum Gasteiger partial charge on any atom is 0.258 e. The van der Waals surface area contributed by atoms with Crippen LogP contribution in [-0.2, 0) is 0 Å². The molecule has 3 heteroatoms. The van der Waals surface area contributed by atoms with Gasteiger partial charge in [0.2, 0.25) is 0 Å². The van der Waals surface area contributed by atoms with Gasteiger partial charge >= 0.3 is 0 Å². The molecule has 0 heterocycles. The van der Waals surface area contributed by atoms with Crippen molar-refractivity contribution in [2.24, 2.45) is 0 Å². The van der Waals surface area contributed by atoms with Crippen LogP contribution in [0.15, 0.2) is 66.7 Å². The number of nitrogens with zero attached hydrogens (tertiary/aromatic N) is 2. The van der Waals surface area contributed by atoms with Crippen LogP contribution in [0, 0.1) is 0 Å². The van der Waals surface area contributed by atoms with Gasteiger partial charge in [-0.2, -0.15) is 0 Å². The van der Waals surface area contributed by atoms with Crippen LogP contribution in [0.2, 0.25) is 0 Å². The number of amides is 1. The van der Waals surface area contributed by atoms with E-state index in [9.17, 15) is 4.79 Å². The van der Waals surface area contributed by atoms with Crippen molar-refractivity contribution in [3.63, 3.8) is 0 Å². The van der Waals surface area contributed by atoms with Crippen molar-refractivity contribution in [2.75, 3.05) is 30.9 Å². The lowest BCUT2D eigenvalue weighted by Crippen LogP contribution is -2.26. The summed E-state index contributed by atoms with van der Waals surface area (Å²) in [6, 6.07) is 21.6. The molecule has 0 saturated carbocycles. The Morgan fingerprint density at radius 1 is 0.739 bits per heavy atom. The van der Waals surface area contributed by atoms with Gasteiger partial charge in [-0.3, -0.25) is 4.79 Å². The zero-order valence-electron chi connectivity index (χ0n) is 13.7. The summed E-state index contributed by atoms with van der Waals surface area (Å²) in [5.74, 6) is -0.00772. The van der Waals surface area contributed by atoms with E-state index in [2.05, 4.69) is 23.1 Å². The van der Waals surface area contributed by atoms with Gasteiger partial charge in [-0.25, -0.2) is 0 Å². The lowest BCUT2D eigenvalue weighted by Gasteiger charge is -2.23. The van der Waals surface area contributed by atoms with E-state index < -0.39 is 0 Å². The number of carbonyl (C=O) groups is 1. The van der Waals surface area contributed by atoms with Crippen LogP contribution in [0.1, 0.15) is 10.4 Å². The third kappa shape index (κ3) is 2.78. The quantitative estimate of drug-likeness (QED) is 0.724. The molecule has 0 aliphatic heterocycles. The molecule has 0 spiro atoms. The zero-order valence-corrected chi connectivity index (χ0v) is 13.7. The first-order chi connectivity index (χ1) is 11.1. The van der Waals surface area contributed by atoms with Crippen LogP contribution >= 0.6 is 0 Å². The highest BCUT2D eigenvalue weighted by atomic mass is 16.2. The topological polar surface area (TPSA) is 23.6 Å². The first-order valence-electron chi connectivity index (χ1n) is 7.62. The second kappa shape index (κ2) is 6.13. The van der Waals surface area contributed by atoms with Crippen molar-refractivity contribution >= 4 is 28.1 Å². The van der Waals surface area contributed by atoms with E-state index in [4.69, 9.17) is 0 Å². The molecule has 0 radical (unpaired) electrons. The average Bonchev–Trinajstić information content (AvgIpc) is 2.60. The van der Waals surface area contributed by atoms with Gasteiger partial charge in [0.25, 0.3) is 5.91 Å². The highest BCUT2D eigenvalue weighted by molar-refractivity contribution is 6.13. The second-order valence-corrected chi connectivity index (χ2v) is 5.78. The fourth-order valence-electron chi connectivity index (χ4n) is 2.84. The number of anilines is 2. The average molecular weight is 304 g/mol. The highest BCUT2D eigenvalue weighted by Crippen LogP contribution is 2.34. The number of benzene rings is 3. The van der Waals surface area contributed by atoms with Gasteiger partial charge < -0.3 is 9.80 Å². The first kappa shape index (κ1) is 15.1. The summed E-state index contributed by atoms with van der Waals surface area (Å²) in [6.07, 6.45) is 0. The smallest absolute Gasteiger partial charge is 0.258 e. The predicted octanol–water partition coefficient (Wildman–Crippen LogP) is 4.18. The largest absolute Gasteiger partial charge is 0.377 e. The van der Waals surface area contributed by atoms with E-state index in [0.717, 1.165) is 22.1 Å². The Labute approximate surface area is 136 Å². The van der Waals surface area contributed by atoms with Gasteiger partial charge in [0.15, 0.2) is 0 Å². The van der Waals surface area contributed by atoms with E-state index in [0.29, 0.717) is 5.56 Å². The molecule has 0 fully saturated rings. The summed E-state index contributed by atoms with van der Waals surface area (Å²) in [4.78, 5) is 16.6. The molecule has 3 aromatic rings. The Morgan fingerprint density at radius 2 is 1.35 bits per heavy atom. The number of fused-ring (bicyclic) bond motifs is 1. The van der Waals surface area contributed by atoms with E-state index in [1.807, 2.05) is 69.7 Å². The van der Waals surface area contributed by atoms with Crippen molar-refractivity contribution < 1.29 is 4.79 Å². The van der Waals surface area contributed by atoms with Crippen LogP contribution in [0.5, 0.6) is 0 Å². The monoisotopic (exact) mass is 304 g/mol. The van der Waals surface area contributed by atoms with Crippen LogP contribution in [0.25, 0.3) is 10.8 Å². The second-order valence-electron chi connectivity index (χ2n) is 5.78. The maximum absolute atomic E-state index is 12.8. The molecule has 0 bridgehead atoms. The molecule has 0 atom stereocenters. The SMILES string of the molecule is CN(C)c1cccc2cccc(N(C)C(=O)c3ccccc3)c12. The summed E-state index contributed by atoms with van der Waals surface area (Å²) < 4.78 is 0. The molecule has 0 saturated heterocycles. The standard InChI is InChI=1S/C20H20N2O/c1-21(2)17-13-7-11-15-12-8-14-18(19(15)17)22(3)20(23)16-9-5-4-6-10-16/h4-14H,1-3H3. The molecule has 0 N–H and O–H groups in total. The van der Waals surface area contributed by atoms with Crippen LogP contribution in [0.4, 0.5) is 11.4 Å². The number of carbonyl (C=O) groups excluding carboxylic acids is 1. The Balaban J connectivity index is 2.14. The third-order valence-electron chi connectivity index (χ3n) is 4.03. The number of hydrogen-bond acceptors (Lipinski definition) is 2. The van der Waals surface area contributed by atoms with Gasteiger partial charge in [-0.05, 0) is 29.7 Å². The lowest BCUT2D eigenvalue weighted by atomic mass is 10.0. The molecule has 0 aliphatic carbocycles. The lowest BCUT2D eigenvalue weighted by molar-refractivity contribution is 0.0993. The van der Waals surface area contributed by atoms with E-state index in [1.165, 1.54) is 0 Å². The summed E-state index contributed by atoms with van der Waals surface area (Å²) in [7, 11) is 5.87. The molecule has 116 valence electrons. The number of rotatable bonds is 3. The van der Waals surface area contributed by atoms with Gasteiger partial charge in [-0.15, -0.1) is 0 Å². The van der Waals surface area contributed by atoms with Crippen molar-refractivity contribution in [3.05, 3.63) is 72.3 Å². The minimum absolute atomic E-state index is 0.00772. The summed E-state index contributed by atoms with van der Waals surface area (Å²) in [6.45, 7) is 0. The van der Waals surface area contributed by atoms with Crippen molar-refractivity contribution in [2.45, 2.75) is 0 Å². The molecule has 3 rings (SSSR count). The fraction of sp³-hybridized carbons (Fsp3) is 0.150. The van der Waals surface area contributed by atoms with E-state index in [-0.39, 0.29) is 5.91 Å². The zero-order chi connectivity index (χ0) is 16.4. The van der Waals surface area contributed by atoms with Crippen LogP contribution < -0.4 is 9.80 Å². The molecule has 3 aromatic carbocycles. The minimum Gasteiger partial charge on any atom is -0.377 e. The maximum atomic E-state index is 12.8. The van der Waals surface area contributed by atoms with Crippen LogP contribution in [0.3, 0.4) is 0 Å². The van der Waals surface area contributed by atoms with Crippen molar-refractivity contribution in [1.82, 2.24) is 0 Å². The Morgan fingerprint density at radius 3 is 1.96 bits per heavy atom. The predicted molar refractivity (Wildman–Crippen MR) is 97.5 cm³/mol. The molecule has 0 aromatic heterocycles. The van der Waals surface area contributed by atoms with Gasteiger partial charge in [0.1, 0.15) is 0 Å². The van der Waals surface area contributed by atoms with Gasteiger partial charge in [0.05, 0.1) is 5.69 Å². The Hall–Kier alpha value is -2.81. The van der Waals surface area contributed by atoms with Gasteiger partial charge in [0, 0.05) is 37.8 Å².